The number of aryl methyl sites for hydroxylation is 3. The van der Waals surface area contributed by atoms with E-state index in [-0.39, 0.29) is 0 Å². The number of carbonyl (C=O) groups excluding carboxylic acids is 1. The Bertz CT molecular complexity index is 512. The summed E-state index contributed by atoms with van der Waals surface area (Å²) in [7, 11) is 3.72. The van der Waals surface area contributed by atoms with Gasteiger partial charge >= 0.3 is 0 Å². The molecule has 0 bridgehead atoms. The van der Waals surface area contributed by atoms with Crippen LogP contribution < -0.4 is 0 Å². The highest BCUT2D eigenvalue weighted by atomic mass is 16.5. The number of hydrogen-bond donors (Lipinski definition) is 0. The van der Waals surface area contributed by atoms with E-state index in [9.17, 15) is 4.79 Å². The predicted molar refractivity (Wildman–Crippen MR) is 79.9 cm³/mol. The third-order valence-electron chi connectivity index (χ3n) is 5.12. The summed E-state index contributed by atoms with van der Waals surface area (Å²) < 4.78 is 7.27. The summed E-state index contributed by atoms with van der Waals surface area (Å²) in [5, 5.41) is 4.33. The molecule has 5 nitrogen and oxygen atoms in total. The molecule has 1 aromatic heterocycles. The number of amides is 1. The van der Waals surface area contributed by atoms with Gasteiger partial charge in [0.1, 0.15) is 0 Å². The Labute approximate surface area is 126 Å². The molecule has 1 aliphatic heterocycles. The number of aromatic nitrogens is 2. The van der Waals surface area contributed by atoms with Gasteiger partial charge in [0.2, 0.25) is 5.91 Å². The van der Waals surface area contributed by atoms with Gasteiger partial charge in [0.25, 0.3) is 0 Å². The van der Waals surface area contributed by atoms with Gasteiger partial charge in [-0.25, -0.2) is 0 Å². The van der Waals surface area contributed by atoms with E-state index in [4.69, 9.17) is 4.74 Å². The lowest BCUT2D eigenvalue weighted by molar-refractivity contribution is -0.130. The smallest absolute Gasteiger partial charge is 0.222 e. The molecular weight excluding hydrogens is 266 g/mol. The molecule has 116 valence electrons. The fourth-order valence-electron chi connectivity index (χ4n) is 3.93. The minimum Gasteiger partial charge on any atom is -0.381 e. The first kappa shape index (κ1) is 14.6. The number of fused-ring (bicyclic) bond motifs is 1. The van der Waals surface area contributed by atoms with Crippen molar-refractivity contribution in [1.29, 1.82) is 0 Å². The van der Waals surface area contributed by atoms with Crippen molar-refractivity contribution >= 4 is 5.91 Å². The standard InChI is InChI=1S/C16H25N3O2/c1-11-12(8-18(2)17-11)4-5-16(20)19-9-13-6-15(21-3)7-14(13)10-19/h8,13-15H,4-7,9-10H2,1-3H3/t13-,14+,15?. The highest BCUT2D eigenvalue weighted by Crippen LogP contribution is 2.39. The van der Waals surface area contributed by atoms with Crippen LogP contribution in [0.2, 0.25) is 0 Å². The summed E-state index contributed by atoms with van der Waals surface area (Å²) in [5.74, 6) is 1.60. The van der Waals surface area contributed by atoms with Crippen LogP contribution in [0.5, 0.6) is 0 Å². The molecule has 0 aromatic carbocycles. The number of rotatable bonds is 4. The lowest BCUT2D eigenvalue weighted by Gasteiger charge is -2.18. The van der Waals surface area contributed by atoms with Gasteiger partial charge in [-0.3, -0.25) is 9.48 Å². The average Bonchev–Trinajstić information content (AvgIpc) is 3.08. The molecule has 1 saturated heterocycles. The number of hydrogen-bond acceptors (Lipinski definition) is 3. The zero-order chi connectivity index (χ0) is 15.0. The Balaban J connectivity index is 1.50. The summed E-state index contributed by atoms with van der Waals surface area (Å²) >= 11 is 0. The van der Waals surface area contributed by atoms with Gasteiger partial charge in [-0.05, 0) is 43.6 Å². The maximum absolute atomic E-state index is 12.4. The number of ether oxygens (including phenoxy) is 1. The van der Waals surface area contributed by atoms with E-state index in [1.807, 2.05) is 24.9 Å². The topological polar surface area (TPSA) is 47.4 Å². The predicted octanol–water partition coefficient (Wildman–Crippen LogP) is 1.54. The first-order valence-corrected chi connectivity index (χ1v) is 7.86. The van der Waals surface area contributed by atoms with Crippen LogP contribution in [0.15, 0.2) is 6.20 Å². The van der Waals surface area contributed by atoms with Crippen LogP contribution in [-0.4, -0.2) is 46.9 Å². The fourth-order valence-corrected chi connectivity index (χ4v) is 3.93. The molecule has 3 atom stereocenters. The summed E-state index contributed by atoms with van der Waals surface area (Å²) in [6.07, 6.45) is 6.06. The second-order valence-corrected chi connectivity index (χ2v) is 6.56. The molecule has 2 heterocycles. The lowest BCUT2D eigenvalue weighted by atomic mass is 10.0. The molecule has 21 heavy (non-hydrogen) atoms. The monoisotopic (exact) mass is 291 g/mol. The molecule has 0 spiro atoms. The Morgan fingerprint density at radius 1 is 1.38 bits per heavy atom. The van der Waals surface area contributed by atoms with Gasteiger partial charge in [-0.2, -0.15) is 5.10 Å². The van der Waals surface area contributed by atoms with E-state index in [0.717, 1.165) is 38.0 Å². The first-order chi connectivity index (χ1) is 10.1. The Morgan fingerprint density at radius 3 is 2.57 bits per heavy atom. The maximum atomic E-state index is 12.4. The zero-order valence-corrected chi connectivity index (χ0v) is 13.2. The summed E-state index contributed by atoms with van der Waals surface area (Å²) in [4.78, 5) is 14.4. The molecular formula is C16H25N3O2. The van der Waals surface area contributed by atoms with E-state index in [0.29, 0.717) is 30.3 Å². The molecule has 0 N–H and O–H groups in total. The van der Waals surface area contributed by atoms with Crippen molar-refractivity contribution in [3.63, 3.8) is 0 Å². The van der Waals surface area contributed by atoms with Crippen molar-refractivity contribution in [3.05, 3.63) is 17.5 Å². The number of carbonyl (C=O) groups is 1. The van der Waals surface area contributed by atoms with Gasteiger partial charge in [0.05, 0.1) is 11.8 Å². The maximum Gasteiger partial charge on any atom is 0.222 e. The van der Waals surface area contributed by atoms with Gasteiger partial charge < -0.3 is 9.64 Å². The Morgan fingerprint density at radius 2 is 2.05 bits per heavy atom. The molecule has 5 heteroatoms. The van der Waals surface area contributed by atoms with Crippen LogP contribution in [0, 0.1) is 18.8 Å². The molecule has 1 unspecified atom stereocenters. The van der Waals surface area contributed by atoms with E-state index >= 15 is 0 Å². The molecule has 3 rings (SSSR count). The van der Waals surface area contributed by atoms with Crippen LogP contribution in [0.25, 0.3) is 0 Å². The molecule has 1 saturated carbocycles. The summed E-state index contributed by atoms with van der Waals surface area (Å²) in [6.45, 7) is 3.86. The normalized spacial score (nSPS) is 28.1. The average molecular weight is 291 g/mol. The van der Waals surface area contributed by atoms with Crippen LogP contribution in [0.3, 0.4) is 0 Å². The van der Waals surface area contributed by atoms with Crippen molar-refractivity contribution in [2.24, 2.45) is 18.9 Å². The van der Waals surface area contributed by atoms with Crippen LogP contribution in [0.4, 0.5) is 0 Å². The SMILES string of the molecule is COC1C[C@@H]2CN(C(=O)CCc3cn(C)nc3C)C[C@@H]2C1. The Kier molecular flexibility index (Phi) is 4.02. The van der Waals surface area contributed by atoms with E-state index < -0.39 is 0 Å². The van der Waals surface area contributed by atoms with Crippen LogP contribution in [0.1, 0.15) is 30.5 Å². The second-order valence-electron chi connectivity index (χ2n) is 6.56. The van der Waals surface area contributed by atoms with Crippen molar-refractivity contribution < 1.29 is 9.53 Å². The number of methoxy groups -OCH3 is 1. The van der Waals surface area contributed by atoms with Crippen LogP contribution >= 0.6 is 0 Å². The highest BCUT2D eigenvalue weighted by Gasteiger charge is 2.42. The first-order valence-electron chi connectivity index (χ1n) is 7.86. The van der Waals surface area contributed by atoms with E-state index in [1.165, 1.54) is 5.56 Å². The molecule has 2 aliphatic rings. The van der Waals surface area contributed by atoms with E-state index in [2.05, 4.69) is 10.00 Å². The quantitative estimate of drug-likeness (QED) is 0.845. The zero-order valence-electron chi connectivity index (χ0n) is 13.2. The summed E-state index contributed by atoms with van der Waals surface area (Å²) in [5.41, 5.74) is 2.22. The van der Waals surface area contributed by atoms with Gasteiger partial charge in [0, 0.05) is 39.9 Å². The molecule has 1 amide bonds. The van der Waals surface area contributed by atoms with Gasteiger partial charge in [-0.15, -0.1) is 0 Å². The van der Waals surface area contributed by atoms with Crippen molar-refractivity contribution in [1.82, 2.24) is 14.7 Å². The Hall–Kier alpha value is -1.36. The minimum absolute atomic E-state index is 0.293. The highest BCUT2D eigenvalue weighted by molar-refractivity contribution is 5.76. The summed E-state index contributed by atoms with van der Waals surface area (Å²) in [6, 6.07) is 0. The van der Waals surface area contributed by atoms with Gasteiger partial charge in [0.15, 0.2) is 0 Å². The number of nitrogens with zero attached hydrogens (tertiary/aromatic N) is 3. The minimum atomic E-state index is 0.293. The molecule has 1 aromatic rings. The van der Waals surface area contributed by atoms with Crippen molar-refractivity contribution in [2.75, 3.05) is 20.2 Å². The second kappa shape index (κ2) is 5.79. The molecule has 1 aliphatic carbocycles. The van der Waals surface area contributed by atoms with Gasteiger partial charge in [-0.1, -0.05) is 0 Å². The molecule has 0 radical (unpaired) electrons. The molecule has 2 fully saturated rings. The van der Waals surface area contributed by atoms with Crippen molar-refractivity contribution in [3.8, 4) is 0 Å². The third kappa shape index (κ3) is 2.98. The largest absolute Gasteiger partial charge is 0.381 e. The fraction of sp³-hybridized carbons (Fsp3) is 0.750. The third-order valence-corrected chi connectivity index (χ3v) is 5.12. The van der Waals surface area contributed by atoms with E-state index in [1.54, 1.807) is 7.11 Å². The van der Waals surface area contributed by atoms with Crippen LogP contribution in [-0.2, 0) is 23.0 Å². The number of likely N-dealkylation sites (tertiary alicyclic amines) is 1. The van der Waals surface area contributed by atoms with Crippen molar-refractivity contribution in [2.45, 2.75) is 38.7 Å². The lowest BCUT2D eigenvalue weighted by Crippen LogP contribution is -2.30.